The molecule has 18 rings (SSSR count). The quantitative estimate of drug-likeness (QED) is 0.156. The molecule has 366 valence electrons. The summed E-state index contributed by atoms with van der Waals surface area (Å²) < 4.78 is 14.7. The van der Waals surface area contributed by atoms with Gasteiger partial charge in [0, 0.05) is 111 Å². The molecule has 0 spiro atoms. The fourth-order valence-electron chi connectivity index (χ4n) is 13.0. The minimum Gasteiger partial charge on any atom is -0.294 e. The van der Waals surface area contributed by atoms with Crippen LogP contribution in [0.5, 0.6) is 0 Å². The van der Waals surface area contributed by atoms with E-state index in [9.17, 15) is 0 Å². The second-order valence-corrected chi connectivity index (χ2v) is 24.0. The molecule has 0 aliphatic carbocycles. The van der Waals surface area contributed by atoms with Crippen LogP contribution in [0, 0.1) is 0 Å². The fraction of sp³-hybridized carbons (Fsp3) is 0. The van der Waals surface area contributed by atoms with Gasteiger partial charge < -0.3 is 0 Å². The van der Waals surface area contributed by atoms with E-state index in [-0.39, 0.29) is 6.71 Å². The van der Waals surface area contributed by atoms with Gasteiger partial charge in [-0.2, -0.15) is 0 Å². The van der Waals surface area contributed by atoms with Crippen LogP contribution in [-0.4, -0.2) is 35.4 Å². The topological polar surface area (TPSA) is 53.5 Å². The van der Waals surface area contributed by atoms with Crippen molar-refractivity contribution in [3.63, 3.8) is 0 Å². The maximum Gasteiger partial charge on any atom is 0.247 e. The summed E-state index contributed by atoms with van der Waals surface area (Å²) in [7, 11) is 0. The lowest BCUT2D eigenvalue weighted by Gasteiger charge is -2.17. The summed E-state index contributed by atoms with van der Waals surface area (Å²) in [6, 6.07) is 79.9. The molecule has 9 heterocycles. The van der Waals surface area contributed by atoms with E-state index >= 15 is 0 Å². The molecule has 0 bridgehead atoms. The minimum atomic E-state index is -0.228. The summed E-state index contributed by atoms with van der Waals surface area (Å²) in [6.45, 7) is -0.228. The van der Waals surface area contributed by atoms with Gasteiger partial charge in [0.2, 0.25) is 6.71 Å². The first-order chi connectivity index (χ1) is 39.1. The second-order valence-electron chi connectivity index (χ2n) is 20.7. The Morgan fingerprint density at radius 1 is 0.241 bits per heavy atom. The highest BCUT2D eigenvalue weighted by molar-refractivity contribution is 7.26. The average Bonchev–Trinajstić information content (AvgIpc) is 4.55. The molecule has 0 N–H and O–H groups in total. The number of fused-ring (bicyclic) bond motifs is 18. The largest absolute Gasteiger partial charge is 0.294 e. The SMILES string of the molecule is c1ccc2c(c1)sc1cc3c(cc12)c1ccccc1n3-c1ccc(B(c2ccc(-n3c4ccccc4c4cc5c(cc43)sc3ccccc35)nc2)c2ccc(-n3c4ccccc4c4cc5c(cc43)sc3ccccc35)nc2)cn1. The van der Waals surface area contributed by atoms with E-state index in [4.69, 9.17) is 15.0 Å². The van der Waals surface area contributed by atoms with Crippen LogP contribution in [0.15, 0.2) is 237 Å². The van der Waals surface area contributed by atoms with Crippen LogP contribution in [0.3, 0.4) is 0 Å². The van der Waals surface area contributed by atoms with Gasteiger partial charge in [-0.3, -0.25) is 13.7 Å². The number of hydrogen-bond donors (Lipinski definition) is 0. The molecule has 0 aliphatic heterocycles. The lowest BCUT2D eigenvalue weighted by molar-refractivity contribution is 1.08. The predicted octanol–water partition coefficient (Wildman–Crippen LogP) is 16.8. The minimum absolute atomic E-state index is 0.228. The van der Waals surface area contributed by atoms with Crippen molar-refractivity contribution in [2.45, 2.75) is 0 Å². The van der Waals surface area contributed by atoms with Crippen molar-refractivity contribution in [1.82, 2.24) is 28.7 Å². The third kappa shape index (κ3) is 6.36. The van der Waals surface area contributed by atoms with Crippen molar-refractivity contribution in [2.75, 3.05) is 0 Å². The van der Waals surface area contributed by atoms with Crippen LogP contribution in [0.2, 0.25) is 0 Å². The molecule has 6 nitrogen and oxygen atoms in total. The molecule has 0 fully saturated rings. The maximum atomic E-state index is 5.37. The summed E-state index contributed by atoms with van der Waals surface area (Å²) in [5.74, 6) is 2.61. The van der Waals surface area contributed by atoms with Gasteiger partial charge in [0.1, 0.15) is 17.5 Å². The first-order valence-electron chi connectivity index (χ1n) is 26.6. The van der Waals surface area contributed by atoms with Gasteiger partial charge in [0.15, 0.2) is 0 Å². The number of thiophene rings is 3. The average molecular weight is 1060 g/mol. The molecule has 79 heavy (non-hydrogen) atoms. The van der Waals surface area contributed by atoms with E-state index in [1.807, 2.05) is 34.0 Å². The monoisotopic (exact) mass is 1060 g/mol. The Morgan fingerprint density at radius 3 is 0.835 bits per heavy atom. The van der Waals surface area contributed by atoms with E-state index in [0.717, 1.165) is 66.9 Å². The number of hydrogen-bond acceptors (Lipinski definition) is 6. The first kappa shape index (κ1) is 43.6. The van der Waals surface area contributed by atoms with Crippen LogP contribution < -0.4 is 16.4 Å². The molecule has 0 atom stereocenters. The second kappa shape index (κ2) is 16.5. The third-order valence-corrected chi connectivity index (χ3v) is 19.9. The molecule has 0 unspecified atom stereocenters. The van der Waals surface area contributed by atoms with Gasteiger partial charge in [-0.25, -0.2) is 15.0 Å². The Kier molecular flexibility index (Phi) is 9.13. The summed E-state index contributed by atoms with van der Waals surface area (Å²) in [6.07, 6.45) is 6.19. The van der Waals surface area contributed by atoms with E-state index in [0.29, 0.717) is 0 Å². The van der Waals surface area contributed by atoms with Gasteiger partial charge in [0.05, 0.1) is 33.1 Å². The van der Waals surface area contributed by atoms with Crippen LogP contribution in [-0.2, 0) is 0 Å². The third-order valence-electron chi connectivity index (χ3n) is 16.5. The molecule has 0 saturated carbocycles. The zero-order chi connectivity index (χ0) is 51.4. The molecule has 9 aromatic heterocycles. The standard InChI is InChI=1S/C69H39BN6S3/c1-7-19-55-43(13-1)49-31-52-46-16-4-10-22-61(46)77-64(52)34-58(49)74(55)67-28-25-40(37-71-67)70(41-26-29-68(72-38-41)75-56-20-8-2-14-44(56)50-32-53-47-17-5-11-23-62(47)78-65(53)35-59(50)75)42-27-30-69(73-39-42)76-57-21-9-3-15-45(57)51-33-54-48-18-6-12-24-63(48)79-66(54)36-60(51)76/h1-39H. The van der Waals surface area contributed by atoms with Crippen molar-refractivity contribution in [3.8, 4) is 17.5 Å². The molecule has 0 amide bonds. The van der Waals surface area contributed by atoms with E-state index < -0.39 is 0 Å². The molecule has 0 saturated heterocycles. The van der Waals surface area contributed by atoms with Crippen LogP contribution in [0.25, 0.3) is 143 Å². The van der Waals surface area contributed by atoms with Gasteiger partial charge >= 0.3 is 0 Å². The number of nitrogens with zero attached hydrogens (tertiary/aromatic N) is 6. The van der Waals surface area contributed by atoms with Crippen molar-refractivity contribution in [3.05, 3.63) is 237 Å². The van der Waals surface area contributed by atoms with Crippen LogP contribution >= 0.6 is 34.0 Å². The molecule has 9 aromatic carbocycles. The Bertz CT molecular complexity index is 5020. The number of rotatable bonds is 6. The molecule has 0 aliphatic rings. The predicted molar refractivity (Wildman–Crippen MR) is 339 cm³/mol. The van der Waals surface area contributed by atoms with E-state index in [2.05, 4.69) is 251 Å². The molecule has 18 aromatic rings. The molecular weight excluding hydrogens is 1020 g/mol. The molecule has 0 radical (unpaired) electrons. The summed E-state index contributed by atoms with van der Waals surface area (Å²) in [4.78, 5) is 16.1. The van der Waals surface area contributed by atoms with E-state index in [1.165, 1.54) is 92.8 Å². The highest BCUT2D eigenvalue weighted by atomic mass is 32.1. The Balaban J connectivity index is 0.795. The Morgan fingerprint density at radius 2 is 0.532 bits per heavy atom. The normalized spacial score (nSPS) is 12.3. The first-order valence-corrected chi connectivity index (χ1v) is 29.0. The number of para-hydroxylation sites is 3. The van der Waals surface area contributed by atoms with Crippen molar-refractivity contribution in [2.24, 2.45) is 0 Å². The van der Waals surface area contributed by atoms with Crippen LogP contribution in [0.1, 0.15) is 0 Å². The van der Waals surface area contributed by atoms with Crippen molar-refractivity contribution >= 4 is 183 Å². The Labute approximate surface area is 463 Å². The summed E-state index contributed by atoms with van der Waals surface area (Å²) in [5.41, 5.74) is 9.98. The highest BCUT2D eigenvalue weighted by Gasteiger charge is 2.26. The summed E-state index contributed by atoms with van der Waals surface area (Å²) >= 11 is 5.54. The molecular formula is C69H39BN6S3. The zero-order valence-electron chi connectivity index (χ0n) is 42.0. The Hall–Kier alpha value is -9.45. The maximum absolute atomic E-state index is 5.37. The zero-order valence-corrected chi connectivity index (χ0v) is 44.5. The number of pyridine rings is 3. The number of benzene rings is 9. The van der Waals surface area contributed by atoms with Gasteiger partial charge in [-0.1, -0.05) is 144 Å². The fourth-order valence-corrected chi connectivity index (χ4v) is 16.3. The summed E-state index contributed by atoms with van der Waals surface area (Å²) in [5, 5.41) is 15.1. The number of aromatic nitrogens is 6. The van der Waals surface area contributed by atoms with Crippen molar-refractivity contribution < 1.29 is 0 Å². The van der Waals surface area contributed by atoms with E-state index in [1.54, 1.807) is 0 Å². The van der Waals surface area contributed by atoms with Gasteiger partial charge in [-0.05, 0) is 91.0 Å². The van der Waals surface area contributed by atoms with Gasteiger partial charge in [0.25, 0.3) is 0 Å². The lowest BCUT2D eigenvalue weighted by Crippen LogP contribution is -2.52. The smallest absolute Gasteiger partial charge is 0.247 e. The van der Waals surface area contributed by atoms with Gasteiger partial charge in [-0.15, -0.1) is 34.0 Å². The highest BCUT2D eigenvalue weighted by Crippen LogP contribution is 2.44. The van der Waals surface area contributed by atoms with Crippen molar-refractivity contribution in [1.29, 1.82) is 0 Å². The lowest BCUT2D eigenvalue weighted by atomic mass is 9.37. The molecule has 10 heteroatoms. The van der Waals surface area contributed by atoms with Crippen LogP contribution in [0.4, 0.5) is 0 Å².